The molecule has 2 atom stereocenters. The Morgan fingerprint density at radius 3 is 2.96 bits per heavy atom. The Kier molecular flexibility index (Phi) is 4.49. The minimum atomic E-state index is -3.78. The molecule has 9 nitrogen and oxygen atoms in total. The molecule has 1 aliphatic heterocycles. The maximum atomic E-state index is 12.9. The minimum Gasteiger partial charge on any atom is -0.370 e. The molecule has 0 aliphatic carbocycles. The molecule has 10 heteroatoms. The van der Waals surface area contributed by atoms with Crippen molar-refractivity contribution in [2.75, 3.05) is 6.61 Å². The summed E-state index contributed by atoms with van der Waals surface area (Å²) in [6, 6.07) is 3.16. The van der Waals surface area contributed by atoms with Gasteiger partial charge in [0, 0.05) is 18.8 Å². The first-order chi connectivity index (χ1) is 12.9. The summed E-state index contributed by atoms with van der Waals surface area (Å²) in [6.07, 6.45) is 3.17. The van der Waals surface area contributed by atoms with Crippen molar-refractivity contribution in [1.82, 2.24) is 24.6 Å². The van der Waals surface area contributed by atoms with Gasteiger partial charge in [-0.3, -0.25) is 4.68 Å². The van der Waals surface area contributed by atoms with Gasteiger partial charge >= 0.3 is 0 Å². The van der Waals surface area contributed by atoms with Crippen LogP contribution in [-0.4, -0.2) is 41.0 Å². The number of pyridine rings is 1. The highest BCUT2D eigenvalue weighted by atomic mass is 32.2. The van der Waals surface area contributed by atoms with Gasteiger partial charge in [-0.1, -0.05) is 5.16 Å². The van der Waals surface area contributed by atoms with Gasteiger partial charge in [-0.25, -0.2) is 18.1 Å². The van der Waals surface area contributed by atoms with Gasteiger partial charge in [-0.2, -0.15) is 5.10 Å². The molecular formula is C17H21N5O4S. The molecule has 4 rings (SSSR count). The Hall–Kier alpha value is -2.30. The highest BCUT2D eigenvalue weighted by molar-refractivity contribution is 7.89. The van der Waals surface area contributed by atoms with Crippen LogP contribution in [0.2, 0.25) is 0 Å². The predicted octanol–water partition coefficient (Wildman–Crippen LogP) is 2.12. The van der Waals surface area contributed by atoms with E-state index in [4.69, 9.17) is 9.26 Å². The quantitative estimate of drug-likeness (QED) is 0.709. The van der Waals surface area contributed by atoms with E-state index in [0.29, 0.717) is 29.8 Å². The van der Waals surface area contributed by atoms with Crippen LogP contribution in [0.3, 0.4) is 0 Å². The minimum absolute atomic E-state index is 0.0734. The second kappa shape index (κ2) is 6.70. The number of sulfonamides is 1. The average Bonchev–Trinajstić information content (AvgIpc) is 3.34. The van der Waals surface area contributed by atoms with Gasteiger partial charge < -0.3 is 9.26 Å². The Labute approximate surface area is 156 Å². The topological polar surface area (TPSA) is 112 Å². The summed E-state index contributed by atoms with van der Waals surface area (Å²) >= 11 is 0. The molecule has 1 fully saturated rings. The Bertz CT molecular complexity index is 1070. The summed E-state index contributed by atoms with van der Waals surface area (Å²) in [4.78, 5) is 4.13. The van der Waals surface area contributed by atoms with E-state index < -0.39 is 16.1 Å². The van der Waals surface area contributed by atoms with E-state index >= 15 is 0 Å². The molecule has 3 aromatic heterocycles. The number of hydrogen-bond donors (Lipinski definition) is 1. The highest BCUT2D eigenvalue weighted by Gasteiger charge is 2.35. The van der Waals surface area contributed by atoms with Crippen LogP contribution in [0.1, 0.15) is 43.8 Å². The van der Waals surface area contributed by atoms with Crippen molar-refractivity contribution in [3.8, 4) is 0 Å². The second-order valence-electron chi connectivity index (χ2n) is 6.89. The number of aromatic nitrogens is 4. The maximum Gasteiger partial charge on any atom is 0.257 e. The predicted molar refractivity (Wildman–Crippen MR) is 96.6 cm³/mol. The molecule has 3 aromatic rings. The molecule has 1 saturated heterocycles. The van der Waals surface area contributed by atoms with Crippen LogP contribution in [0.15, 0.2) is 33.9 Å². The van der Waals surface area contributed by atoms with E-state index in [0.717, 1.165) is 5.69 Å². The fraction of sp³-hybridized carbons (Fsp3) is 0.471. The fourth-order valence-electron chi connectivity index (χ4n) is 3.32. The van der Waals surface area contributed by atoms with Gasteiger partial charge in [0.2, 0.25) is 10.0 Å². The summed E-state index contributed by atoms with van der Waals surface area (Å²) in [5, 5.41) is 8.71. The zero-order chi connectivity index (χ0) is 19.2. The van der Waals surface area contributed by atoms with Crippen molar-refractivity contribution in [3.63, 3.8) is 0 Å². The highest BCUT2D eigenvalue weighted by Crippen LogP contribution is 2.31. The number of fused-ring (bicyclic) bond motifs is 1. The summed E-state index contributed by atoms with van der Waals surface area (Å²) in [5.74, 6) is 0. The first-order valence-electron chi connectivity index (χ1n) is 8.76. The molecule has 0 aromatic carbocycles. The monoisotopic (exact) mass is 391 g/mol. The lowest BCUT2D eigenvalue weighted by Crippen LogP contribution is -2.37. The number of ether oxygens (including phenoxy) is 1. The number of rotatable bonds is 5. The lowest BCUT2D eigenvalue weighted by atomic mass is 10.1. The molecule has 144 valence electrons. The van der Waals surface area contributed by atoms with E-state index in [1.165, 1.54) is 12.3 Å². The lowest BCUT2D eigenvalue weighted by molar-refractivity contribution is 0.0938. The van der Waals surface area contributed by atoms with Crippen LogP contribution in [-0.2, 0) is 14.8 Å². The second-order valence-corrected chi connectivity index (χ2v) is 8.61. The van der Waals surface area contributed by atoms with Gasteiger partial charge in [-0.05, 0) is 39.3 Å². The van der Waals surface area contributed by atoms with Crippen molar-refractivity contribution in [3.05, 3.63) is 35.9 Å². The number of aryl methyl sites for hydroxylation is 1. The van der Waals surface area contributed by atoms with Crippen molar-refractivity contribution in [1.29, 1.82) is 0 Å². The molecular weight excluding hydrogens is 370 g/mol. The molecule has 0 spiro atoms. The third-order valence-corrected chi connectivity index (χ3v) is 6.13. The zero-order valence-electron chi connectivity index (χ0n) is 15.3. The van der Waals surface area contributed by atoms with Crippen LogP contribution in [0, 0.1) is 6.92 Å². The van der Waals surface area contributed by atoms with Crippen molar-refractivity contribution in [2.24, 2.45) is 0 Å². The molecule has 0 unspecified atom stereocenters. The largest absolute Gasteiger partial charge is 0.370 e. The van der Waals surface area contributed by atoms with E-state index in [9.17, 15) is 8.42 Å². The molecule has 4 heterocycles. The molecule has 1 N–H and O–H groups in total. The summed E-state index contributed by atoms with van der Waals surface area (Å²) in [5.41, 5.74) is 1.77. The SMILES string of the molecule is Cc1noc2ncc(S(=O)(=O)N[C@H]3CCO[C@@H]3c3ccnn3C(C)C)cc12. The van der Waals surface area contributed by atoms with Crippen LogP contribution < -0.4 is 4.72 Å². The molecule has 0 radical (unpaired) electrons. The fourth-order valence-corrected chi connectivity index (χ4v) is 4.56. The van der Waals surface area contributed by atoms with Gasteiger partial charge in [-0.15, -0.1) is 0 Å². The van der Waals surface area contributed by atoms with Gasteiger partial charge in [0.05, 0.1) is 29.0 Å². The first kappa shape index (κ1) is 18.1. The molecule has 0 bridgehead atoms. The number of nitrogens with one attached hydrogen (secondary N) is 1. The smallest absolute Gasteiger partial charge is 0.257 e. The molecule has 0 amide bonds. The number of nitrogens with zero attached hydrogens (tertiary/aromatic N) is 4. The van der Waals surface area contributed by atoms with Crippen LogP contribution in [0.4, 0.5) is 0 Å². The summed E-state index contributed by atoms with van der Waals surface area (Å²) in [6.45, 7) is 6.26. The standard InChI is InChI=1S/C17H21N5O4S/c1-10(2)22-15(4-6-19-22)16-14(5-7-25-16)21-27(23,24)12-8-13-11(3)20-26-17(13)18-9-12/h4,6,8-10,14,16,21H,5,7H2,1-3H3/t14-,16-/m0/s1. The van der Waals surface area contributed by atoms with Crippen molar-refractivity contribution < 1.29 is 17.7 Å². The van der Waals surface area contributed by atoms with Crippen LogP contribution in [0.5, 0.6) is 0 Å². The third-order valence-electron chi connectivity index (χ3n) is 4.67. The average molecular weight is 391 g/mol. The Morgan fingerprint density at radius 2 is 2.19 bits per heavy atom. The van der Waals surface area contributed by atoms with E-state index in [1.54, 1.807) is 13.1 Å². The van der Waals surface area contributed by atoms with Gasteiger partial charge in [0.15, 0.2) is 0 Å². The van der Waals surface area contributed by atoms with Gasteiger partial charge in [0.25, 0.3) is 5.71 Å². The third kappa shape index (κ3) is 3.24. The Balaban J connectivity index is 1.62. The molecule has 27 heavy (non-hydrogen) atoms. The van der Waals surface area contributed by atoms with Crippen LogP contribution in [0.25, 0.3) is 11.1 Å². The normalized spacial score (nSPS) is 20.7. The summed E-state index contributed by atoms with van der Waals surface area (Å²) < 4.78 is 41.3. The Morgan fingerprint density at radius 1 is 1.37 bits per heavy atom. The maximum absolute atomic E-state index is 12.9. The van der Waals surface area contributed by atoms with E-state index in [-0.39, 0.29) is 17.0 Å². The van der Waals surface area contributed by atoms with E-state index in [1.807, 2.05) is 24.6 Å². The number of hydrogen-bond acceptors (Lipinski definition) is 7. The zero-order valence-corrected chi connectivity index (χ0v) is 16.1. The molecule has 0 saturated carbocycles. The van der Waals surface area contributed by atoms with E-state index in [2.05, 4.69) is 20.0 Å². The first-order valence-corrected chi connectivity index (χ1v) is 10.2. The lowest BCUT2D eigenvalue weighted by Gasteiger charge is -2.22. The van der Waals surface area contributed by atoms with Crippen LogP contribution >= 0.6 is 0 Å². The van der Waals surface area contributed by atoms with Crippen molar-refractivity contribution in [2.45, 2.75) is 50.3 Å². The van der Waals surface area contributed by atoms with Crippen molar-refractivity contribution >= 4 is 21.1 Å². The summed E-state index contributed by atoms with van der Waals surface area (Å²) in [7, 11) is -3.78. The molecule has 1 aliphatic rings. The van der Waals surface area contributed by atoms with Gasteiger partial charge in [0.1, 0.15) is 11.0 Å².